The van der Waals surface area contributed by atoms with Crippen LogP contribution in [0.15, 0.2) is 36.4 Å². The number of nitriles is 1. The Morgan fingerprint density at radius 3 is 2.45 bits per heavy atom. The average Bonchev–Trinajstić information content (AvgIpc) is 3.25. The van der Waals surface area contributed by atoms with Gasteiger partial charge < -0.3 is 20.4 Å². The number of piperazine rings is 1. The normalized spacial score (nSPS) is 16.2. The highest BCUT2D eigenvalue weighted by atomic mass is 16.5. The highest BCUT2D eigenvalue weighted by Gasteiger charge is 2.22. The van der Waals surface area contributed by atoms with Gasteiger partial charge in [0.2, 0.25) is 5.91 Å². The number of nitrogens with zero attached hydrogens (tertiary/aromatic N) is 3. The molecule has 2 saturated heterocycles. The maximum absolute atomic E-state index is 12.8. The van der Waals surface area contributed by atoms with Crippen LogP contribution < -0.4 is 25.9 Å². The standard InChI is InChI=1S/C22H24N6O3/c23-14-16-12-19(26-31)18(13-20(16)27-10-7-24-8-11-27)25-22(30)15-3-5-17(6-4-15)28-9-1-2-21(28)29/h3-6,12-13,24,26,31H,1-2,7-11H2,(H,25,30). The molecule has 2 amide bonds. The van der Waals surface area contributed by atoms with Gasteiger partial charge in [-0.3, -0.25) is 20.3 Å². The molecule has 2 aromatic rings. The summed E-state index contributed by atoms with van der Waals surface area (Å²) >= 11 is 0. The van der Waals surface area contributed by atoms with Crippen molar-refractivity contribution >= 4 is 34.6 Å². The molecule has 31 heavy (non-hydrogen) atoms. The number of hydrogen-bond acceptors (Lipinski definition) is 7. The Morgan fingerprint density at radius 2 is 1.84 bits per heavy atom. The highest BCUT2D eigenvalue weighted by Crippen LogP contribution is 2.32. The Kier molecular flexibility index (Phi) is 6.02. The predicted octanol–water partition coefficient (Wildman–Crippen LogP) is 2.15. The first-order valence-corrected chi connectivity index (χ1v) is 10.3. The van der Waals surface area contributed by atoms with Crippen molar-refractivity contribution in [1.29, 1.82) is 5.26 Å². The summed E-state index contributed by atoms with van der Waals surface area (Å²) < 4.78 is 0. The van der Waals surface area contributed by atoms with Crippen LogP contribution in [0, 0.1) is 11.3 Å². The molecule has 0 aromatic heterocycles. The number of anilines is 4. The second-order valence-corrected chi connectivity index (χ2v) is 7.53. The second kappa shape index (κ2) is 9.04. The van der Waals surface area contributed by atoms with Gasteiger partial charge in [-0.25, -0.2) is 0 Å². The second-order valence-electron chi connectivity index (χ2n) is 7.53. The molecule has 2 aliphatic rings. The van der Waals surface area contributed by atoms with Crippen LogP contribution in [-0.2, 0) is 4.79 Å². The van der Waals surface area contributed by atoms with Gasteiger partial charge in [-0.15, -0.1) is 0 Å². The van der Waals surface area contributed by atoms with Crippen LogP contribution >= 0.6 is 0 Å². The number of benzene rings is 2. The van der Waals surface area contributed by atoms with E-state index in [2.05, 4.69) is 27.1 Å². The first-order valence-electron chi connectivity index (χ1n) is 10.3. The van der Waals surface area contributed by atoms with Gasteiger partial charge in [0.15, 0.2) is 0 Å². The molecule has 160 valence electrons. The van der Waals surface area contributed by atoms with E-state index < -0.39 is 0 Å². The van der Waals surface area contributed by atoms with Crippen molar-refractivity contribution in [2.24, 2.45) is 0 Å². The molecule has 0 unspecified atom stereocenters. The lowest BCUT2D eigenvalue weighted by Gasteiger charge is -2.30. The third-order valence-electron chi connectivity index (χ3n) is 5.60. The summed E-state index contributed by atoms with van der Waals surface area (Å²) in [4.78, 5) is 28.5. The minimum Gasteiger partial charge on any atom is -0.368 e. The number of carbonyl (C=O) groups is 2. The van der Waals surface area contributed by atoms with Crippen molar-refractivity contribution in [2.45, 2.75) is 12.8 Å². The van der Waals surface area contributed by atoms with Gasteiger partial charge in [0.05, 0.1) is 22.6 Å². The van der Waals surface area contributed by atoms with Crippen LogP contribution in [0.4, 0.5) is 22.7 Å². The maximum atomic E-state index is 12.8. The molecule has 2 aromatic carbocycles. The monoisotopic (exact) mass is 420 g/mol. The zero-order chi connectivity index (χ0) is 21.8. The third kappa shape index (κ3) is 4.30. The van der Waals surface area contributed by atoms with Gasteiger partial charge in [0.25, 0.3) is 5.91 Å². The lowest BCUT2D eigenvalue weighted by atomic mass is 10.1. The molecule has 0 bridgehead atoms. The Morgan fingerprint density at radius 1 is 1.10 bits per heavy atom. The molecule has 2 aliphatic heterocycles. The summed E-state index contributed by atoms with van der Waals surface area (Å²) in [7, 11) is 0. The molecular formula is C22H24N6O3. The Labute approximate surface area is 180 Å². The summed E-state index contributed by atoms with van der Waals surface area (Å²) in [5.74, 6) is -0.263. The van der Waals surface area contributed by atoms with Gasteiger partial charge in [-0.2, -0.15) is 5.26 Å². The molecule has 0 saturated carbocycles. The van der Waals surface area contributed by atoms with Crippen molar-refractivity contribution in [3.05, 3.63) is 47.5 Å². The van der Waals surface area contributed by atoms with Crippen molar-refractivity contribution in [1.82, 2.24) is 5.32 Å². The van der Waals surface area contributed by atoms with Crippen molar-refractivity contribution in [2.75, 3.05) is 53.3 Å². The van der Waals surface area contributed by atoms with E-state index in [1.165, 1.54) is 6.07 Å². The first-order chi connectivity index (χ1) is 15.1. The third-order valence-corrected chi connectivity index (χ3v) is 5.60. The van der Waals surface area contributed by atoms with Crippen LogP contribution in [0.3, 0.4) is 0 Å². The lowest BCUT2D eigenvalue weighted by Crippen LogP contribution is -2.43. The molecule has 2 heterocycles. The number of carbonyl (C=O) groups excluding carboxylic acids is 2. The molecule has 0 radical (unpaired) electrons. The molecule has 2 fully saturated rings. The van der Waals surface area contributed by atoms with Gasteiger partial charge in [-0.1, -0.05) is 0 Å². The smallest absolute Gasteiger partial charge is 0.255 e. The largest absolute Gasteiger partial charge is 0.368 e. The quantitative estimate of drug-likeness (QED) is 0.547. The molecule has 4 N–H and O–H groups in total. The van der Waals surface area contributed by atoms with Crippen molar-refractivity contribution in [3.8, 4) is 6.07 Å². The molecular weight excluding hydrogens is 396 g/mol. The SMILES string of the molecule is N#Cc1cc(NO)c(NC(=O)c2ccc(N3CCCC3=O)cc2)cc1N1CCNCC1. The van der Waals surface area contributed by atoms with Gasteiger partial charge in [-0.05, 0) is 42.8 Å². The number of rotatable bonds is 5. The number of amides is 2. The fraction of sp³-hybridized carbons (Fsp3) is 0.318. The average molecular weight is 420 g/mol. The summed E-state index contributed by atoms with van der Waals surface area (Å²) in [5.41, 5.74) is 5.00. The van der Waals surface area contributed by atoms with E-state index in [1.54, 1.807) is 35.2 Å². The van der Waals surface area contributed by atoms with Gasteiger partial charge in [0, 0.05) is 50.4 Å². The zero-order valence-electron chi connectivity index (χ0n) is 17.0. The summed E-state index contributed by atoms with van der Waals surface area (Å²) in [5, 5.41) is 25.2. The van der Waals surface area contributed by atoms with Gasteiger partial charge >= 0.3 is 0 Å². The number of hydrogen-bond donors (Lipinski definition) is 4. The van der Waals surface area contributed by atoms with E-state index in [0.717, 1.165) is 38.3 Å². The summed E-state index contributed by atoms with van der Waals surface area (Å²) in [6, 6.07) is 12.2. The maximum Gasteiger partial charge on any atom is 0.255 e. The molecule has 0 atom stereocenters. The van der Waals surface area contributed by atoms with E-state index in [9.17, 15) is 20.1 Å². The molecule has 9 nitrogen and oxygen atoms in total. The van der Waals surface area contributed by atoms with Crippen molar-refractivity contribution in [3.63, 3.8) is 0 Å². The Bertz CT molecular complexity index is 1020. The van der Waals surface area contributed by atoms with Crippen LogP contribution in [0.1, 0.15) is 28.8 Å². The van der Waals surface area contributed by atoms with Crippen LogP contribution in [0.5, 0.6) is 0 Å². The molecule has 0 aliphatic carbocycles. The summed E-state index contributed by atoms with van der Waals surface area (Å²) in [6.45, 7) is 3.78. The molecule has 9 heteroatoms. The zero-order valence-corrected chi connectivity index (χ0v) is 17.0. The van der Waals surface area contributed by atoms with E-state index in [1.807, 2.05) is 0 Å². The Balaban J connectivity index is 1.57. The van der Waals surface area contributed by atoms with E-state index in [4.69, 9.17) is 0 Å². The molecule has 0 spiro atoms. The summed E-state index contributed by atoms with van der Waals surface area (Å²) in [6.07, 6.45) is 1.39. The van der Waals surface area contributed by atoms with E-state index in [-0.39, 0.29) is 17.5 Å². The topological polar surface area (TPSA) is 121 Å². The molecule has 4 rings (SSSR count). The lowest BCUT2D eigenvalue weighted by molar-refractivity contribution is -0.117. The van der Waals surface area contributed by atoms with E-state index in [0.29, 0.717) is 35.5 Å². The number of nitrogens with one attached hydrogen (secondary N) is 3. The first kappa shape index (κ1) is 20.7. The van der Waals surface area contributed by atoms with Crippen molar-refractivity contribution < 1.29 is 14.8 Å². The van der Waals surface area contributed by atoms with Crippen LogP contribution in [-0.4, -0.2) is 49.7 Å². The van der Waals surface area contributed by atoms with Crippen LogP contribution in [0.25, 0.3) is 0 Å². The fourth-order valence-electron chi connectivity index (χ4n) is 3.95. The highest BCUT2D eigenvalue weighted by molar-refractivity contribution is 6.07. The fourth-order valence-corrected chi connectivity index (χ4v) is 3.95. The van der Waals surface area contributed by atoms with Gasteiger partial charge in [0.1, 0.15) is 6.07 Å². The van der Waals surface area contributed by atoms with Crippen LogP contribution in [0.2, 0.25) is 0 Å². The predicted molar refractivity (Wildman–Crippen MR) is 118 cm³/mol. The Hall–Kier alpha value is -3.61. The minimum atomic E-state index is -0.355. The van der Waals surface area contributed by atoms with E-state index >= 15 is 0 Å². The minimum absolute atomic E-state index is 0.0916.